The molecule has 3 N–H and O–H groups in total. The highest BCUT2D eigenvalue weighted by molar-refractivity contribution is 7.52. The lowest BCUT2D eigenvalue weighted by Crippen LogP contribution is -2.33. The van der Waals surface area contributed by atoms with Crippen LogP contribution in [-0.2, 0) is 4.57 Å². The second kappa shape index (κ2) is 7.01. The highest BCUT2D eigenvalue weighted by atomic mass is 31.2. The van der Waals surface area contributed by atoms with Crippen LogP contribution in [0.1, 0.15) is 30.5 Å². The summed E-state index contributed by atoms with van der Waals surface area (Å²) in [6.07, 6.45) is 0.362. The molecule has 0 saturated carbocycles. The first kappa shape index (κ1) is 15.9. The van der Waals surface area contributed by atoms with Crippen molar-refractivity contribution in [3.63, 3.8) is 0 Å². The van der Waals surface area contributed by atoms with Gasteiger partial charge in [-0.3, -0.25) is 9.88 Å². The molecule has 2 aromatic carbocycles. The van der Waals surface area contributed by atoms with Crippen LogP contribution in [0.15, 0.2) is 60.7 Å². The van der Waals surface area contributed by atoms with Crippen molar-refractivity contribution in [1.29, 1.82) is 0 Å². The summed E-state index contributed by atoms with van der Waals surface area (Å²) in [5, 5.41) is 3.11. The maximum Gasteiger partial charge on any atom is 0.342 e. The first-order valence-electron chi connectivity index (χ1n) is 6.93. The molecule has 0 aliphatic heterocycles. The van der Waals surface area contributed by atoms with E-state index in [1.807, 2.05) is 60.7 Å². The smallest absolute Gasteiger partial charge is 0.323 e. The van der Waals surface area contributed by atoms with Crippen molar-refractivity contribution in [3.8, 4) is 0 Å². The van der Waals surface area contributed by atoms with Gasteiger partial charge in [-0.25, -0.2) is 0 Å². The molecular weight excluding hydrogens is 285 g/mol. The van der Waals surface area contributed by atoms with Gasteiger partial charge in [0, 0.05) is 0 Å². The molecule has 0 saturated heterocycles. The summed E-state index contributed by atoms with van der Waals surface area (Å²) in [4.78, 5) is 18.9. The van der Waals surface area contributed by atoms with E-state index in [2.05, 4.69) is 5.32 Å². The largest absolute Gasteiger partial charge is 0.342 e. The number of hydrogen-bond donors (Lipinski definition) is 3. The van der Waals surface area contributed by atoms with Gasteiger partial charge < -0.3 is 9.79 Å². The van der Waals surface area contributed by atoms with Crippen LogP contribution in [0.25, 0.3) is 0 Å². The maximum absolute atomic E-state index is 11.6. The minimum atomic E-state index is -4.18. The number of benzene rings is 2. The molecule has 4 nitrogen and oxygen atoms in total. The van der Waals surface area contributed by atoms with Gasteiger partial charge in [-0.1, -0.05) is 67.6 Å². The first-order chi connectivity index (χ1) is 10.0. The molecule has 0 radical (unpaired) electrons. The number of rotatable bonds is 6. The normalized spacial score (nSPS) is 13.3. The highest BCUT2D eigenvalue weighted by Crippen LogP contribution is 2.42. The third-order valence-electron chi connectivity index (χ3n) is 3.42. The summed E-state index contributed by atoms with van der Waals surface area (Å²) >= 11 is 0. The van der Waals surface area contributed by atoms with Gasteiger partial charge in [-0.2, -0.15) is 0 Å². The quantitative estimate of drug-likeness (QED) is 0.716. The third-order valence-corrected chi connectivity index (χ3v) is 4.74. The molecule has 2 rings (SSSR count). The Labute approximate surface area is 125 Å². The van der Waals surface area contributed by atoms with Crippen LogP contribution >= 0.6 is 7.60 Å². The molecule has 0 fully saturated rings. The Balaban J connectivity index is 2.36. The van der Waals surface area contributed by atoms with E-state index < -0.39 is 13.4 Å². The Morgan fingerprint density at radius 2 is 1.38 bits per heavy atom. The fourth-order valence-corrected chi connectivity index (χ4v) is 3.14. The van der Waals surface area contributed by atoms with E-state index in [9.17, 15) is 14.4 Å². The molecule has 0 bridgehead atoms. The molecule has 0 aliphatic rings. The topological polar surface area (TPSA) is 69.6 Å². The van der Waals surface area contributed by atoms with Crippen molar-refractivity contribution >= 4 is 7.60 Å². The van der Waals surface area contributed by atoms with Crippen molar-refractivity contribution < 1.29 is 14.4 Å². The van der Waals surface area contributed by atoms with Crippen molar-refractivity contribution in [2.24, 2.45) is 0 Å². The van der Waals surface area contributed by atoms with E-state index in [4.69, 9.17) is 0 Å². The van der Waals surface area contributed by atoms with Crippen LogP contribution in [0.2, 0.25) is 0 Å². The molecule has 5 heteroatoms. The zero-order valence-corrected chi connectivity index (χ0v) is 12.8. The predicted molar refractivity (Wildman–Crippen MR) is 84.0 cm³/mol. The fraction of sp³-hybridized carbons (Fsp3) is 0.250. The predicted octanol–water partition coefficient (Wildman–Crippen LogP) is 3.28. The molecule has 0 aliphatic carbocycles. The van der Waals surface area contributed by atoms with Gasteiger partial charge in [-0.15, -0.1) is 0 Å². The zero-order chi connectivity index (χ0) is 15.3. The Kier molecular flexibility index (Phi) is 5.32. The van der Waals surface area contributed by atoms with Gasteiger partial charge in [0.2, 0.25) is 0 Å². The van der Waals surface area contributed by atoms with Crippen molar-refractivity contribution in [2.75, 3.05) is 0 Å². The Morgan fingerprint density at radius 3 is 1.71 bits per heavy atom. The summed E-state index contributed by atoms with van der Waals surface area (Å²) in [5.41, 5.74) is 1.96. The van der Waals surface area contributed by atoms with Crippen LogP contribution in [-0.4, -0.2) is 15.6 Å². The first-order valence-corrected chi connectivity index (χ1v) is 8.61. The van der Waals surface area contributed by atoms with E-state index >= 15 is 0 Å². The standard InChI is InChI=1S/C16H20NO3P/c1-2-15(21(18,19)20)17-16(13-9-5-3-6-10-13)14-11-7-4-8-12-14/h3-12,15-17H,2H2,1H3,(H2,18,19,20). The van der Waals surface area contributed by atoms with Gasteiger partial charge in [0.1, 0.15) is 5.78 Å². The molecule has 0 spiro atoms. The van der Waals surface area contributed by atoms with Gasteiger partial charge in [0.15, 0.2) is 0 Å². The van der Waals surface area contributed by atoms with E-state index in [0.29, 0.717) is 6.42 Å². The Bertz CT molecular complexity index is 558. The average Bonchev–Trinajstić information content (AvgIpc) is 2.49. The molecule has 2 aromatic rings. The molecule has 0 aromatic heterocycles. The zero-order valence-electron chi connectivity index (χ0n) is 11.9. The molecule has 1 unspecified atom stereocenters. The molecule has 112 valence electrons. The van der Waals surface area contributed by atoms with E-state index in [1.54, 1.807) is 6.92 Å². The maximum atomic E-state index is 11.6. The lowest BCUT2D eigenvalue weighted by molar-refractivity contribution is 0.339. The average molecular weight is 305 g/mol. The van der Waals surface area contributed by atoms with Crippen molar-refractivity contribution in [2.45, 2.75) is 25.2 Å². The van der Waals surface area contributed by atoms with Gasteiger partial charge in [-0.05, 0) is 17.5 Å². The summed E-state index contributed by atoms with van der Waals surface area (Å²) in [6.45, 7) is 1.77. The monoisotopic (exact) mass is 305 g/mol. The van der Waals surface area contributed by atoms with Crippen molar-refractivity contribution in [3.05, 3.63) is 71.8 Å². The van der Waals surface area contributed by atoms with E-state index in [-0.39, 0.29) is 6.04 Å². The number of nitrogens with one attached hydrogen (secondary N) is 1. The molecule has 0 heterocycles. The second-order valence-corrected chi connectivity index (χ2v) is 6.74. The Hall–Kier alpha value is -1.45. The molecule has 21 heavy (non-hydrogen) atoms. The second-order valence-electron chi connectivity index (χ2n) is 4.93. The molecule has 0 amide bonds. The van der Waals surface area contributed by atoms with E-state index in [0.717, 1.165) is 11.1 Å². The van der Waals surface area contributed by atoms with Crippen molar-refractivity contribution in [1.82, 2.24) is 5.32 Å². The molecule has 1 atom stereocenters. The minimum Gasteiger partial charge on any atom is -0.323 e. The van der Waals surface area contributed by atoms with Crippen LogP contribution in [0, 0.1) is 0 Å². The highest BCUT2D eigenvalue weighted by Gasteiger charge is 2.30. The minimum absolute atomic E-state index is 0.245. The fourth-order valence-electron chi connectivity index (χ4n) is 2.32. The lowest BCUT2D eigenvalue weighted by atomic mass is 9.99. The van der Waals surface area contributed by atoms with Crippen LogP contribution in [0.4, 0.5) is 0 Å². The third kappa shape index (κ3) is 4.26. The molecular formula is C16H20NO3P. The summed E-state index contributed by atoms with van der Waals surface area (Å²) in [5.74, 6) is -0.858. The van der Waals surface area contributed by atoms with Crippen LogP contribution < -0.4 is 5.32 Å². The van der Waals surface area contributed by atoms with Gasteiger partial charge in [0.25, 0.3) is 0 Å². The summed E-state index contributed by atoms with van der Waals surface area (Å²) in [6, 6.07) is 19.1. The SMILES string of the molecule is CCC(NC(c1ccccc1)c1ccccc1)P(=O)(O)O. The van der Waals surface area contributed by atoms with E-state index in [1.165, 1.54) is 0 Å². The Morgan fingerprint density at radius 1 is 0.952 bits per heavy atom. The summed E-state index contributed by atoms with van der Waals surface area (Å²) in [7, 11) is -4.18. The summed E-state index contributed by atoms with van der Waals surface area (Å²) < 4.78 is 11.6. The van der Waals surface area contributed by atoms with Gasteiger partial charge >= 0.3 is 7.60 Å². The lowest BCUT2D eigenvalue weighted by Gasteiger charge is -2.26. The van der Waals surface area contributed by atoms with Crippen LogP contribution in [0.3, 0.4) is 0 Å². The van der Waals surface area contributed by atoms with Crippen LogP contribution in [0.5, 0.6) is 0 Å². The van der Waals surface area contributed by atoms with Gasteiger partial charge in [0.05, 0.1) is 6.04 Å². The number of hydrogen-bond acceptors (Lipinski definition) is 2.